The number of nitrogens with one attached hydrogen (secondary N) is 1. The molecule has 1 N–H and O–H groups in total. The van der Waals surface area contributed by atoms with Crippen molar-refractivity contribution in [3.8, 4) is 6.07 Å². The maximum absolute atomic E-state index is 13.1. The van der Waals surface area contributed by atoms with Crippen LogP contribution in [0.3, 0.4) is 0 Å². The summed E-state index contributed by atoms with van der Waals surface area (Å²) in [5.74, 6) is 0.881. The third-order valence-corrected chi connectivity index (χ3v) is 8.45. The number of hydrogen-bond acceptors (Lipinski definition) is 6. The Morgan fingerprint density at radius 3 is 2.57 bits per heavy atom. The van der Waals surface area contributed by atoms with Gasteiger partial charge in [0.05, 0.1) is 39.3 Å². The second-order valence-corrected chi connectivity index (χ2v) is 10.8. The van der Waals surface area contributed by atoms with Crippen molar-refractivity contribution in [1.82, 2.24) is 15.1 Å². The fraction of sp³-hybridized carbons (Fsp3) is 0.464. The SMILES string of the molecule is C=C1c2sc(C(=O)NC3CCCCC3)cc2N=C(N2CCCCCC2)N1Cc1ccccc1C#N. The maximum Gasteiger partial charge on any atom is 0.261 e. The van der Waals surface area contributed by atoms with E-state index in [9.17, 15) is 10.1 Å². The number of hydrogen-bond donors (Lipinski definition) is 1. The summed E-state index contributed by atoms with van der Waals surface area (Å²) in [5.41, 5.74) is 3.30. The molecule has 1 amide bonds. The van der Waals surface area contributed by atoms with Gasteiger partial charge in [0.15, 0.2) is 0 Å². The summed E-state index contributed by atoms with van der Waals surface area (Å²) < 4.78 is 0. The number of carbonyl (C=O) groups excluding carboxylic acids is 1. The number of thiophene rings is 1. The zero-order valence-corrected chi connectivity index (χ0v) is 21.1. The van der Waals surface area contributed by atoms with Gasteiger partial charge in [0.25, 0.3) is 5.91 Å². The Morgan fingerprint density at radius 1 is 1.11 bits per heavy atom. The summed E-state index contributed by atoms with van der Waals surface area (Å²) in [5, 5.41) is 12.9. The van der Waals surface area contributed by atoms with Crippen molar-refractivity contribution in [2.45, 2.75) is 70.4 Å². The van der Waals surface area contributed by atoms with Crippen molar-refractivity contribution in [2.24, 2.45) is 4.99 Å². The molecule has 0 bridgehead atoms. The van der Waals surface area contributed by atoms with Gasteiger partial charge in [0.2, 0.25) is 5.96 Å². The average molecular weight is 488 g/mol. The first-order valence-electron chi connectivity index (χ1n) is 12.9. The number of benzene rings is 1. The molecule has 2 aromatic rings. The van der Waals surface area contributed by atoms with E-state index in [4.69, 9.17) is 4.99 Å². The van der Waals surface area contributed by atoms with E-state index in [0.29, 0.717) is 17.0 Å². The predicted octanol–water partition coefficient (Wildman–Crippen LogP) is 6.03. The van der Waals surface area contributed by atoms with E-state index >= 15 is 0 Å². The van der Waals surface area contributed by atoms with E-state index in [0.717, 1.165) is 66.6 Å². The molecule has 1 saturated carbocycles. The second kappa shape index (κ2) is 10.7. The summed E-state index contributed by atoms with van der Waals surface area (Å²) in [4.78, 5) is 24.3. The van der Waals surface area contributed by atoms with Crippen LogP contribution in [0.5, 0.6) is 0 Å². The van der Waals surface area contributed by atoms with Gasteiger partial charge in [-0.2, -0.15) is 5.26 Å². The lowest BCUT2D eigenvalue weighted by Crippen LogP contribution is -2.44. The highest BCUT2D eigenvalue weighted by molar-refractivity contribution is 7.15. The number of fused-ring (bicyclic) bond motifs is 1. The van der Waals surface area contributed by atoms with Crippen LogP contribution in [0.2, 0.25) is 0 Å². The minimum atomic E-state index is -0.00278. The summed E-state index contributed by atoms with van der Waals surface area (Å²) in [6.07, 6.45) is 10.5. The Morgan fingerprint density at radius 2 is 1.83 bits per heavy atom. The van der Waals surface area contributed by atoms with Gasteiger partial charge in [-0.3, -0.25) is 4.79 Å². The third kappa shape index (κ3) is 5.13. The van der Waals surface area contributed by atoms with Crippen molar-refractivity contribution in [1.29, 1.82) is 5.26 Å². The Kier molecular flexibility index (Phi) is 7.19. The molecule has 3 aliphatic rings. The molecular formula is C28H33N5OS. The maximum atomic E-state index is 13.1. The van der Waals surface area contributed by atoms with Gasteiger partial charge >= 0.3 is 0 Å². The Labute approximate surface area is 212 Å². The van der Waals surface area contributed by atoms with E-state index in [1.807, 2.05) is 30.3 Å². The Balaban J connectivity index is 1.46. The minimum absolute atomic E-state index is 0.00278. The van der Waals surface area contributed by atoms with Crippen molar-refractivity contribution in [3.63, 3.8) is 0 Å². The largest absolute Gasteiger partial charge is 0.349 e. The first kappa shape index (κ1) is 23.6. The van der Waals surface area contributed by atoms with Gasteiger partial charge in [0.1, 0.15) is 0 Å². The molecule has 1 saturated heterocycles. The van der Waals surface area contributed by atoms with Crippen molar-refractivity contribution in [3.05, 3.63) is 57.8 Å². The predicted molar refractivity (Wildman–Crippen MR) is 142 cm³/mol. The molecule has 35 heavy (non-hydrogen) atoms. The number of nitriles is 1. The molecule has 0 radical (unpaired) electrons. The lowest BCUT2D eigenvalue weighted by atomic mass is 9.95. The molecule has 182 valence electrons. The van der Waals surface area contributed by atoms with Crippen LogP contribution < -0.4 is 5.32 Å². The minimum Gasteiger partial charge on any atom is -0.349 e. The molecule has 7 heteroatoms. The summed E-state index contributed by atoms with van der Waals surface area (Å²) >= 11 is 1.47. The van der Waals surface area contributed by atoms with E-state index in [1.165, 1.54) is 43.4 Å². The highest BCUT2D eigenvalue weighted by Gasteiger charge is 2.31. The molecule has 1 aromatic carbocycles. The van der Waals surface area contributed by atoms with E-state index < -0.39 is 0 Å². The lowest BCUT2D eigenvalue weighted by molar-refractivity contribution is 0.0932. The van der Waals surface area contributed by atoms with E-state index in [1.54, 1.807) is 0 Å². The van der Waals surface area contributed by atoms with E-state index in [-0.39, 0.29) is 11.9 Å². The smallest absolute Gasteiger partial charge is 0.261 e. The van der Waals surface area contributed by atoms with Crippen LogP contribution in [-0.2, 0) is 6.54 Å². The van der Waals surface area contributed by atoms with Gasteiger partial charge in [-0.05, 0) is 43.4 Å². The van der Waals surface area contributed by atoms with Gasteiger partial charge in [0, 0.05) is 19.1 Å². The van der Waals surface area contributed by atoms with Gasteiger partial charge in [-0.1, -0.05) is 56.9 Å². The lowest BCUT2D eigenvalue weighted by Gasteiger charge is -2.37. The quantitative estimate of drug-likeness (QED) is 0.571. The van der Waals surface area contributed by atoms with Gasteiger partial charge in [-0.15, -0.1) is 11.3 Å². The molecule has 2 fully saturated rings. The molecule has 0 spiro atoms. The molecule has 0 atom stereocenters. The number of nitrogens with zero attached hydrogens (tertiary/aromatic N) is 4. The van der Waals surface area contributed by atoms with Crippen LogP contribution in [0.25, 0.3) is 5.70 Å². The highest BCUT2D eigenvalue weighted by atomic mass is 32.1. The fourth-order valence-electron chi connectivity index (χ4n) is 5.31. The number of guanidine groups is 1. The fourth-order valence-corrected chi connectivity index (χ4v) is 6.29. The average Bonchev–Trinajstić information content (AvgIpc) is 3.14. The number of likely N-dealkylation sites (tertiary alicyclic amines) is 1. The molecule has 0 unspecified atom stereocenters. The molecule has 6 nitrogen and oxygen atoms in total. The number of aliphatic imine (C=N–C) groups is 1. The van der Waals surface area contributed by atoms with Crippen molar-refractivity contribution in [2.75, 3.05) is 13.1 Å². The molecule has 1 aromatic heterocycles. The zero-order valence-electron chi connectivity index (χ0n) is 20.3. The number of amides is 1. The van der Waals surface area contributed by atoms with Crippen molar-refractivity contribution < 1.29 is 4.79 Å². The normalized spacial score (nSPS) is 18.9. The molecular weight excluding hydrogens is 454 g/mol. The molecule has 5 rings (SSSR count). The van der Waals surface area contributed by atoms with Crippen LogP contribution in [-0.4, -0.2) is 40.8 Å². The van der Waals surface area contributed by atoms with Crippen LogP contribution >= 0.6 is 11.3 Å². The summed E-state index contributed by atoms with van der Waals surface area (Å²) in [6, 6.07) is 12.2. The van der Waals surface area contributed by atoms with Crippen LogP contribution in [0.15, 0.2) is 41.9 Å². The summed E-state index contributed by atoms with van der Waals surface area (Å²) in [6.45, 7) is 6.90. The number of carbonyl (C=O) groups is 1. The van der Waals surface area contributed by atoms with Gasteiger partial charge in [-0.25, -0.2) is 4.99 Å². The summed E-state index contributed by atoms with van der Waals surface area (Å²) in [7, 11) is 0. The van der Waals surface area contributed by atoms with Gasteiger partial charge < -0.3 is 15.1 Å². The van der Waals surface area contributed by atoms with Crippen molar-refractivity contribution >= 4 is 34.6 Å². The van der Waals surface area contributed by atoms with Crippen LogP contribution in [0.4, 0.5) is 5.69 Å². The molecule has 1 aliphatic carbocycles. The highest BCUT2D eigenvalue weighted by Crippen LogP contribution is 2.41. The molecule has 2 aliphatic heterocycles. The second-order valence-electron chi connectivity index (χ2n) is 9.75. The van der Waals surface area contributed by atoms with E-state index in [2.05, 4.69) is 27.8 Å². The first-order valence-corrected chi connectivity index (χ1v) is 13.7. The Hall–Kier alpha value is -3.11. The van der Waals surface area contributed by atoms with Crippen LogP contribution in [0, 0.1) is 11.3 Å². The monoisotopic (exact) mass is 487 g/mol. The Bertz CT molecular complexity index is 1160. The standard InChI is InChI=1S/C28H33N5OS/c1-20-26-24(17-25(35-26)27(34)30-23-13-5-4-6-14-23)31-28(32-15-9-2-3-10-16-32)33(20)19-22-12-8-7-11-21(22)18-29/h7-8,11-12,17,23H,1-6,9-10,13-16,19H2,(H,30,34). The van der Waals surface area contributed by atoms with Crippen LogP contribution in [0.1, 0.15) is 83.5 Å². The number of rotatable bonds is 4. The topological polar surface area (TPSA) is 71.7 Å². The molecule has 3 heterocycles. The third-order valence-electron chi connectivity index (χ3n) is 7.28. The zero-order chi connectivity index (χ0) is 24.2. The first-order chi connectivity index (χ1) is 17.1.